The summed E-state index contributed by atoms with van der Waals surface area (Å²) in [5, 5.41) is 0. The van der Waals surface area contributed by atoms with E-state index in [1.807, 2.05) is 12.1 Å². The lowest BCUT2D eigenvalue weighted by Crippen LogP contribution is -1.99. The fourth-order valence-corrected chi connectivity index (χ4v) is 1.54. The zero-order chi connectivity index (χ0) is 8.60. The third-order valence-electron chi connectivity index (χ3n) is 2.65. The normalized spacial score (nSPS) is 18.8. The molecule has 12 heavy (non-hydrogen) atoms. The Labute approximate surface area is 76.3 Å². The molecule has 1 fully saturated rings. The first-order valence-electron chi connectivity index (χ1n) is 4.19. The van der Waals surface area contributed by atoms with Crippen molar-refractivity contribution >= 4 is 10.5 Å². The van der Waals surface area contributed by atoms with Gasteiger partial charge in [0.05, 0.1) is 0 Å². The van der Waals surface area contributed by atoms with Gasteiger partial charge in [0.2, 0.25) is 0 Å². The number of benzene rings is 1. The molecule has 1 aromatic carbocycles. The lowest BCUT2D eigenvalue weighted by Gasteiger charge is -2.09. The second-order valence-corrected chi connectivity index (χ2v) is 3.89. The zero-order valence-electron chi connectivity index (χ0n) is 7.13. The Morgan fingerprint density at radius 3 is 2.75 bits per heavy atom. The maximum absolute atomic E-state index is 4.98. The van der Waals surface area contributed by atoms with Gasteiger partial charge in [0.1, 0.15) is 5.75 Å². The molecule has 0 heterocycles. The third kappa shape index (κ3) is 1.27. The molecule has 1 aromatic rings. The van der Waals surface area contributed by atoms with E-state index in [1.165, 1.54) is 18.4 Å². The van der Waals surface area contributed by atoms with Crippen molar-refractivity contribution in [3.63, 3.8) is 0 Å². The quantitative estimate of drug-likeness (QED) is 0.626. The molecular formula is C10H11OSi. The molecule has 0 spiro atoms. The molecule has 0 bridgehead atoms. The number of hydrogen-bond donors (Lipinski definition) is 0. The minimum absolute atomic E-state index is 0.431. The highest BCUT2D eigenvalue weighted by molar-refractivity contribution is 5.99. The van der Waals surface area contributed by atoms with Crippen LogP contribution in [0.25, 0.3) is 0 Å². The first-order chi connectivity index (χ1) is 5.74. The van der Waals surface area contributed by atoms with Gasteiger partial charge in [-0.25, -0.2) is 0 Å². The van der Waals surface area contributed by atoms with E-state index in [4.69, 9.17) is 4.43 Å². The van der Waals surface area contributed by atoms with Gasteiger partial charge in [0.15, 0.2) is 0 Å². The molecule has 1 aliphatic carbocycles. The summed E-state index contributed by atoms with van der Waals surface area (Å²) in [6.45, 7) is 2.29. The molecule has 3 radical (unpaired) electrons. The second kappa shape index (κ2) is 2.63. The molecule has 0 saturated heterocycles. The molecule has 0 unspecified atom stereocenters. The summed E-state index contributed by atoms with van der Waals surface area (Å²) in [6, 6.07) is 8.25. The smallest absolute Gasteiger partial charge is 0.341 e. The average molecular weight is 175 g/mol. The highest BCUT2D eigenvalue weighted by Crippen LogP contribution is 2.48. The van der Waals surface area contributed by atoms with E-state index in [0.717, 1.165) is 5.75 Å². The van der Waals surface area contributed by atoms with E-state index in [1.54, 1.807) is 0 Å². The van der Waals surface area contributed by atoms with Gasteiger partial charge >= 0.3 is 10.5 Å². The third-order valence-corrected chi connectivity index (χ3v) is 2.88. The van der Waals surface area contributed by atoms with E-state index in [2.05, 4.69) is 29.5 Å². The predicted molar refractivity (Wildman–Crippen MR) is 49.4 cm³/mol. The summed E-state index contributed by atoms with van der Waals surface area (Å²) in [5.41, 5.74) is 1.82. The Kier molecular flexibility index (Phi) is 1.72. The first-order valence-corrected chi connectivity index (χ1v) is 4.59. The predicted octanol–water partition coefficient (Wildman–Crippen LogP) is 2.20. The largest absolute Gasteiger partial charge is 0.540 e. The standard InChI is InChI=1S/C10H11OSi/c1-10(5-6-10)8-3-2-4-9(7-8)11-12/h2-4,7H,5-6H2,1H3. The van der Waals surface area contributed by atoms with E-state index in [9.17, 15) is 0 Å². The molecule has 1 saturated carbocycles. The highest BCUT2D eigenvalue weighted by Gasteiger charge is 2.38. The summed E-state index contributed by atoms with van der Waals surface area (Å²) < 4.78 is 4.98. The van der Waals surface area contributed by atoms with Crippen LogP contribution in [0.4, 0.5) is 0 Å². The number of rotatable bonds is 2. The van der Waals surface area contributed by atoms with Crippen molar-refractivity contribution in [2.45, 2.75) is 25.2 Å². The molecule has 0 aromatic heterocycles. The van der Waals surface area contributed by atoms with Gasteiger partial charge < -0.3 is 4.43 Å². The highest BCUT2D eigenvalue weighted by atomic mass is 28.2. The van der Waals surface area contributed by atoms with Crippen LogP contribution in [0, 0.1) is 0 Å². The fourth-order valence-electron chi connectivity index (χ4n) is 1.41. The van der Waals surface area contributed by atoms with Gasteiger partial charge in [-0.15, -0.1) is 0 Å². The van der Waals surface area contributed by atoms with E-state index >= 15 is 0 Å². The van der Waals surface area contributed by atoms with Crippen molar-refractivity contribution < 1.29 is 4.43 Å². The van der Waals surface area contributed by atoms with Crippen molar-refractivity contribution in [1.82, 2.24) is 0 Å². The van der Waals surface area contributed by atoms with Crippen molar-refractivity contribution in [2.75, 3.05) is 0 Å². The van der Waals surface area contributed by atoms with E-state index < -0.39 is 0 Å². The van der Waals surface area contributed by atoms with Crippen molar-refractivity contribution in [2.24, 2.45) is 0 Å². The maximum atomic E-state index is 4.98. The summed E-state index contributed by atoms with van der Waals surface area (Å²) in [5.74, 6) is 0.886. The van der Waals surface area contributed by atoms with Gasteiger partial charge in [-0.3, -0.25) is 0 Å². The van der Waals surface area contributed by atoms with Crippen LogP contribution < -0.4 is 4.43 Å². The van der Waals surface area contributed by atoms with Gasteiger partial charge in [0.25, 0.3) is 0 Å². The Balaban J connectivity index is 2.32. The average Bonchev–Trinajstić information content (AvgIpc) is 2.85. The zero-order valence-corrected chi connectivity index (χ0v) is 8.13. The van der Waals surface area contributed by atoms with Crippen LogP contribution in [0.3, 0.4) is 0 Å². The van der Waals surface area contributed by atoms with Crippen LogP contribution in [-0.4, -0.2) is 10.5 Å². The van der Waals surface area contributed by atoms with E-state index in [-0.39, 0.29) is 0 Å². The fraction of sp³-hybridized carbons (Fsp3) is 0.400. The van der Waals surface area contributed by atoms with Crippen LogP contribution >= 0.6 is 0 Å². The Bertz CT molecular complexity index is 292. The summed E-state index contributed by atoms with van der Waals surface area (Å²) in [6.07, 6.45) is 2.61. The van der Waals surface area contributed by atoms with Crippen molar-refractivity contribution in [1.29, 1.82) is 0 Å². The SMILES string of the molecule is CC1(c2cccc(O[Si])c2)CC1. The molecule has 0 N–H and O–H groups in total. The van der Waals surface area contributed by atoms with Crippen LogP contribution in [0.15, 0.2) is 24.3 Å². The van der Waals surface area contributed by atoms with Crippen molar-refractivity contribution in [3.05, 3.63) is 29.8 Å². The van der Waals surface area contributed by atoms with E-state index in [0.29, 0.717) is 5.41 Å². The van der Waals surface area contributed by atoms with Gasteiger partial charge in [-0.05, 0) is 36.0 Å². The minimum atomic E-state index is 0.431. The second-order valence-electron chi connectivity index (χ2n) is 3.69. The van der Waals surface area contributed by atoms with Gasteiger partial charge in [-0.1, -0.05) is 19.1 Å². The van der Waals surface area contributed by atoms with Crippen molar-refractivity contribution in [3.8, 4) is 5.75 Å². The summed E-state index contributed by atoms with van der Waals surface area (Å²) in [7, 11) is 3.03. The van der Waals surface area contributed by atoms with Gasteiger partial charge in [-0.2, -0.15) is 0 Å². The molecule has 0 amide bonds. The lowest BCUT2D eigenvalue weighted by atomic mass is 9.98. The molecule has 2 rings (SSSR count). The minimum Gasteiger partial charge on any atom is -0.540 e. The number of hydrogen-bond acceptors (Lipinski definition) is 1. The lowest BCUT2D eigenvalue weighted by molar-refractivity contribution is 0.612. The monoisotopic (exact) mass is 175 g/mol. The molecule has 2 heteroatoms. The molecule has 61 valence electrons. The summed E-state index contributed by atoms with van der Waals surface area (Å²) in [4.78, 5) is 0. The van der Waals surface area contributed by atoms with Crippen LogP contribution in [-0.2, 0) is 5.41 Å². The molecule has 1 nitrogen and oxygen atoms in total. The molecular weight excluding hydrogens is 164 g/mol. The first kappa shape index (κ1) is 7.86. The maximum Gasteiger partial charge on any atom is 0.341 e. The Morgan fingerprint density at radius 1 is 1.42 bits per heavy atom. The van der Waals surface area contributed by atoms with Crippen LogP contribution in [0.2, 0.25) is 0 Å². The Morgan fingerprint density at radius 2 is 2.17 bits per heavy atom. The van der Waals surface area contributed by atoms with Crippen LogP contribution in [0.5, 0.6) is 5.75 Å². The molecule has 1 aliphatic rings. The topological polar surface area (TPSA) is 9.23 Å². The molecule has 0 atom stereocenters. The van der Waals surface area contributed by atoms with Gasteiger partial charge in [0, 0.05) is 0 Å². The summed E-state index contributed by atoms with van der Waals surface area (Å²) >= 11 is 0. The Hall–Kier alpha value is -0.763. The van der Waals surface area contributed by atoms with Crippen LogP contribution in [0.1, 0.15) is 25.3 Å². The molecule has 0 aliphatic heterocycles.